The minimum atomic E-state index is -1.13. The topological polar surface area (TPSA) is 78.4 Å². The summed E-state index contributed by atoms with van der Waals surface area (Å²) in [5.74, 6) is 0.202. The number of carboxylic acids is 1. The van der Waals surface area contributed by atoms with Crippen LogP contribution in [-0.2, 0) is 0 Å². The Labute approximate surface area is 127 Å². The maximum Gasteiger partial charge on any atom is 0.337 e. The fourth-order valence-corrected chi connectivity index (χ4v) is 2.44. The van der Waals surface area contributed by atoms with Crippen molar-refractivity contribution in [3.8, 4) is 0 Å². The first-order valence-electron chi connectivity index (χ1n) is 6.00. The molecule has 0 heterocycles. The third-order valence-corrected chi connectivity index (χ3v) is 3.75. The number of carbonyl (C=O) groups is 2. The fraction of sp³-hybridized carbons (Fsp3) is 0.385. The molecule has 5 nitrogen and oxygen atoms in total. The van der Waals surface area contributed by atoms with Crippen LogP contribution in [0.2, 0.25) is 5.02 Å². The van der Waals surface area contributed by atoms with E-state index in [0.717, 1.165) is 5.75 Å². The van der Waals surface area contributed by atoms with Gasteiger partial charge in [-0.15, -0.1) is 0 Å². The minimum absolute atomic E-state index is 0.0415. The average Bonchev–Trinajstić information content (AvgIpc) is 2.39. The highest BCUT2D eigenvalue weighted by molar-refractivity contribution is 7.98. The molecule has 2 amide bonds. The molecule has 0 radical (unpaired) electrons. The number of carbonyl (C=O) groups excluding carboxylic acids is 1. The molecule has 0 bridgehead atoms. The van der Waals surface area contributed by atoms with Gasteiger partial charge < -0.3 is 15.7 Å². The van der Waals surface area contributed by atoms with E-state index in [4.69, 9.17) is 16.7 Å². The molecule has 1 rings (SSSR count). The predicted molar refractivity (Wildman–Crippen MR) is 83.0 cm³/mol. The van der Waals surface area contributed by atoms with E-state index >= 15 is 0 Å². The maximum absolute atomic E-state index is 11.7. The lowest BCUT2D eigenvalue weighted by Gasteiger charge is -2.12. The summed E-state index contributed by atoms with van der Waals surface area (Å²) < 4.78 is 0. The Kier molecular flexibility index (Phi) is 6.67. The van der Waals surface area contributed by atoms with E-state index in [1.54, 1.807) is 17.8 Å². The number of urea groups is 1. The van der Waals surface area contributed by atoms with Gasteiger partial charge in [-0.1, -0.05) is 18.5 Å². The quantitative estimate of drug-likeness (QED) is 0.753. The minimum Gasteiger partial charge on any atom is -0.478 e. The van der Waals surface area contributed by atoms with Gasteiger partial charge in [0.05, 0.1) is 10.6 Å². The molecule has 3 N–H and O–H groups in total. The van der Waals surface area contributed by atoms with Gasteiger partial charge in [-0.2, -0.15) is 11.8 Å². The third-order valence-electron chi connectivity index (χ3n) is 2.52. The molecule has 7 heteroatoms. The number of benzene rings is 1. The molecule has 0 aliphatic rings. The first-order valence-corrected chi connectivity index (χ1v) is 7.78. The first-order chi connectivity index (χ1) is 9.43. The molecule has 0 aliphatic heterocycles. The van der Waals surface area contributed by atoms with Gasteiger partial charge in [0.15, 0.2) is 0 Å². The molecule has 0 aromatic heterocycles. The SMILES string of the molecule is CSCC(C)CNC(=O)Nc1ccc(Cl)c(C(=O)O)c1. The number of anilines is 1. The van der Waals surface area contributed by atoms with Gasteiger partial charge in [-0.25, -0.2) is 9.59 Å². The number of rotatable bonds is 6. The van der Waals surface area contributed by atoms with Crippen LogP contribution in [0, 0.1) is 5.92 Å². The van der Waals surface area contributed by atoms with Crippen LogP contribution in [0.5, 0.6) is 0 Å². The van der Waals surface area contributed by atoms with Crippen molar-refractivity contribution in [1.82, 2.24) is 5.32 Å². The van der Waals surface area contributed by atoms with Crippen LogP contribution < -0.4 is 10.6 Å². The number of nitrogens with one attached hydrogen (secondary N) is 2. The zero-order valence-corrected chi connectivity index (χ0v) is 12.8. The van der Waals surface area contributed by atoms with Crippen molar-refractivity contribution >= 4 is 41.1 Å². The predicted octanol–water partition coefficient (Wildman–Crippen LogP) is 3.16. The Bertz CT molecular complexity index is 497. The zero-order chi connectivity index (χ0) is 15.1. The van der Waals surface area contributed by atoms with E-state index in [2.05, 4.69) is 10.6 Å². The third kappa shape index (κ3) is 5.30. The summed E-state index contributed by atoms with van der Waals surface area (Å²) in [5, 5.41) is 14.4. The van der Waals surface area contributed by atoms with Gasteiger partial charge in [0.25, 0.3) is 0 Å². The van der Waals surface area contributed by atoms with E-state index in [-0.39, 0.29) is 16.6 Å². The summed E-state index contributed by atoms with van der Waals surface area (Å²) in [5.41, 5.74) is 0.349. The van der Waals surface area contributed by atoms with Crippen molar-refractivity contribution in [2.24, 2.45) is 5.92 Å². The Morgan fingerprint density at radius 1 is 1.45 bits per heavy atom. The van der Waals surface area contributed by atoms with Crippen LogP contribution >= 0.6 is 23.4 Å². The summed E-state index contributed by atoms with van der Waals surface area (Å²) in [4.78, 5) is 22.6. The normalized spacial score (nSPS) is 11.8. The molecule has 1 atom stereocenters. The standard InChI is InChI=1S/C13H17ClN2O3S/c1-8(7-20-2)6-15-13(19)16-9-3-4-11(14)10(5-9)12(17)18/h3-5,8H,6-7H2,1-2H3,(H,17,18)(H2,15,16,19). The Morgan fingerprint density at radius 3 is 2.75 bits per heavy atom. The second-order valence-electron chi connectivity index (χ2n) is 4.40. The van der Waals surface area contributed by atoms with Crippen LogP contribution in [0.15, 0.2) is 18.2 Å². The van der Waals surface area contributed by atoms with Crippen molar-refractivity contribution in [3.63, 3.8) is 0 Å². The van der Waals surface area contributed by atoms with Crippen molar-refractivity contribution in [3.05, 3.63) is 28.8 Å². The average molecular weight is 317 g/mol. The summed E-state index contributed by atoms with van der Waals surface area (Å²) in [6.07, 6.45) is 2.01. The highest BCUT2D eigenvalue weighted by atomic mass is 35.5. The fourth-order valence-electron chi connectivity index (χ4n) is 1.55. The first kappa shape index (κ1) is 16.7. The molecular weight excluding hydrogens is 300 g/mol. The number of hydrogen-bond acceptors (Lipinski definition) is 3. The molecule has 20 heavy (non-hydrogen) atoms. The van der Waals surface area contributed by atoms with Crippen LogP contribution in [0.1, 0.15) is 17.3 Å². The second kappa shape index (κ2) is 8.01. The van der Waals surface area contributed by atoms with Gasteiger partial charge in [0.1, 0.15) is 0 Å². The highest BCUT2D eigenvalue weighted by Crippen LogP contribution is 2.20. The van der Waals surface area contributed by atoms with Gasteiger partial charge in [-0.05, 0) is 36.1 Å². The van der Waals surface area contributed by atoms with E-state index in [1.807, 2.05) is 13.2 Å². The lowest BCUT2D eigenvalue weighted by Crippen LogP contribution is -2.33. The second-order valence-corrected chi connectivity index (χ2v) is 5.71. The highest BCUT2D eigenvalue weighted by Gasteiger charge is 2.11. The Hall–Kier alpha value is -1.40. The number of carboxylic acid groups (broad SMARTS) is 1. The lowest BCUT2D eigenvalue weighted by atomic mass is 10.2. The van der Waals surface area contributed by atoms with Crippen LogP contribution in [0.4, 0.5) is 10.5 Å². The van der Waals surface area contributed by atoms with E-state index in [9.17, 15) is 9.59 Å². The van der Waals surface area contributed by atoms with Gasteiger partial charge in [-0.3, -0.25) is 0 Å². The molecule has 0 fully saturated rings. The maximum atomic E-state index is 11.7. The molecule has 1 unspecified atom stereocenters. The molecule has 1 aromatic rings. The van der Waals surface area contributed by atoms with E-state index in [1.165, 1.54) is 12.1 Å². The summed E-state index contributed by atoms with van der Waals surface area (Å²) in [6.45, 7) is 2.60. The van der Waals surface area contributed by atoms with Crippen molar-refractivity contribution in [2.75, 3.05) is 23.9 Å². The van der Waals surface area contributed by atoms with Crippen molar-refractivity contribution in [1.29, 1.82) is 0 Å². The van der Waals surface area contributed by atoms with Gasteiger partial charge in [0.2, 0.25) is 0 Å². The molecule has 1 aromatic carbocycles. The Morgan fingerprint density at radius 2 is 2.15 bits per heavy atom. The largest absolute Gasteiger partial charge is 0.478 e. The molecule has 0 saturated carbocycles. The van der Waals surface area contributed by atoms with E-state index < -0.39 is 5.97 Å². The molecule has 0 saturated heterocycles. The van der Waals surface area contributed by atoms with Gasteiger partial charge in [0, 0.05) is 12.2 Å². The molecule has 0 aliphatic carbocycles. The monoisotopic (exact) mass is 316 g/mol. The summed E-state index contributed by atoms with van der Waals surface area (Å²) >= 11 is 7.47. The van der Waals surface area contributed by atoms with Gasteiger partial charge >= 0.3 is 12.0 Å². The van der Waals surface area contributed by atoms with Crippen LogP contribution in [0.25, 0.3) is 0 Å². The molecular formula is C13H17ClN2O3S. The number of halogens is 1. The Balaban J connectivity index is 2.58. The number of aromatic carboxylic acids is 1. The number of amides is 2. The summed E-state index contributed by atoms with van der Waals surface area (Å²) in [7, 11) is 0. The number of thioether (sulfide) groups is 1. The zero-order valence-electron chi connectivity index (χ0n) is 11.3. The van der Waals surface area contributed by atoms with E-state index in [0.29, 0.717) is 18.2 Å². The summed E-state index contributed by atoms with van der Waals surface area (Å²) in [6, 6.07) is 3.96. The molecule has 0 spiro atoms. The smallest absolute Gasteiger partial charge is 0.337 e. The molecule has 110 valence electrons. The van der Waals surface area contributed by atoms with Crippen LogP contribution in [0.3, 0.4) is 0 Å². The van der Waals surface area contributed by atoms with Crippen molar-refractivity contribution in [2.45, 2.75) is 6.92 Å². The van der Waals surface area contributed by atoms with Crippen molar-refractivity contribution < 1.29 is 14.7 Å². The lowest BCUT2D eigenvalue weighted by molar-refractivity contribution is 0.0697. The number of hydrogen-bond donors (Lipinski definition) is 3. The van der Waals surface area contributed by atoms with Crippen LogP contribution in [-0.4, -0.2) is 35.7 Å².